The third-order valence-corrected chi connectivity index (χ3v) is 5.12. The van der Waals surface area contributed by atoms with Crippen LogP contribution in [-0.4, -0.2) is 57.1 Å². The van der Waals surface area contributed by atoms with E-state index in [-0.39, 0.29) is 30.2 Å². The molecular formula is C20H20N6O6. The van der Waals surface area contributed by atoms with Crippen LogP contribution in [-0.2, 0) is 39.2 Å². The van der Waals surface area contributed by atoms with Crippen LogP contribution >= 0.6 is 0 Å². The van der Waals surface area contributed by atoms with E-state index >= 15 is 0 Å². The molecule has 12 heteroatoms. The Labute approximate surface area is 180 Å². The molecule has 1 aliphatic rings. The predicted octanol–water partition coefficient (Wildman–Crippen LogP) is -0.533. The smallest absolute Gasteiger partial charge is 0.333 e. The Morgan fingerprint density at radius 1 is 1.03 bits per heavy atom. The SMILES string of the molecule is COC(=O)CN1N=C(c2ccccc2)Cn2c1nc1c2c(=O)n(CC(=O)OC)c(=O)n1C. The summed E-state index contributed by atoms with van der Waals surface area (Å²) in [6.45, 7) is -0.621. The Kier molecular flexibility index (Phi) is 5.34. The first-order valence-electron chi connectivity index (χ1n) is 9.59. The highest BCUT2D eigenvalue weighted by Gasteiger charge is 2.29. The number of carbonyl (C=O) groups excluding carboxylic acids is 2. The number of hydrogen-bond acceptors (Lipinski definition) is 9. The quantitative estimate of drug-likeness (QED) is 0.484. The summed E-state index contributed by atoms with van der Waals surface area (Å²) < 4.78 is 12.9. The van der Waals surface area contributed by atoms with Crippen molar-refractivity contribution in [2.75, 3.05) is 25.8 Å². The lowest BCUT2D eigenvalue weighted by Crippen LogP contribution is -2.42. The van der Waals surface area contributed by atoms with E-state index in [1.165, 1.54) is 30.8 Å². The van der Waals surface area contributed by atoms with E-state index in [1.807, 2.05) is 30.3 Å². The summed E-state index contributed by atoms with van der Waals surface area (Å²) in [4.78, 5) is 54.2. The van der Waals surface area contributed by atoms with Gasteiger partial charge in [0.25, 0.3) is 5.56 Å². The predicted molar refractivity (Wildman–Crippen MR) is 114 cm³/mol. The molecule has 3 heterocycles. The zero-order valence-electron chi connectivity index (χ0n) is 17.6. The second-order valence-electron chi connectivity index (χ2n) is 7.03. The van der Waals surface area contributed by atoms with Crippen molar-refractivity contribution in [3.05, 3.63) is 56.7 Å². The monoisotopic (exact) mass is 440 g/mol. The van der Waals surface area contributed by atoms with Gasteiger partial charge < -0.3 is 9.47 Å². The van der Waals surface area contributed by atoms with Crippen LogP contribution in [0.2, 0.25) is 0 Å². The molecule has 12 nitrogen and oxygen atoms in total. The number of fused-ring (bicyclic) bond motifs is 3. The number of imidazole rings is 1. The van der Waals surface area contributed by atoms with Gasteiger partial charge >= 0.3 is 17.6 Å². The Bertz CT molecular complexity index is 1370. The normalized spacial score (nSPS) is 13.0. The lowest BCUT2D eigenvalue weighted by atomic mass is 10.1. The molecule has 0 atom stereocenters. The molecule has 0 radical (unpaired) electrons. The molecule has 0 unspecified atom stereocenters. The number of methoxy groups -OCH3 is 2. The highest BCUT2D eigenvalue weighted by atomic mass is 16.5. The molecule has 0 amide bonds. The van der Waals surface area contributed by atoms with Gasteiger partial charge in [-0.25, -0.2) is 14.4 Å². The second kappa shape index (κ2) is 8.13. The van der Waals surface area contributed by atoms with Crippen LogP contribution < -0.4 is 16.3 Å². The number of rotatable bonds is 5. The lowest BCUT2D eigenvalue weighted by Gasteiger charge is -2.25. The highest BCUT2D eigenvalue weighted by Crippen LogP contribution is 2.25. The Morgan fingerprint density at radius 3 is 2.34 bits per heavy atom. The number of carbonyl (C=O) groups is 2. The zero-order chi connectivity index (χ0) is 23.0. The van der Waals surface area contributed by atoms with Gasteiger partial charge in [0.15, 0.2) is 11.2 Å². The highest BCUT2D eigenvalue weighted by molar-refractivity contribution is 6.03. The number of hydrogen-bond donors (Lipinski definition) is 0. The van der Waals surface area contributed by atoms with Gasteiger partial charge in [-0.2, -0.15) is 10.1 Å². The zero-order valence-corrected chi connectivity index (χ0v) is 17.6. The number of esters is 2. The van der Waals surface area contributed by atoms with Crippen LogP contribution in [0.15, 0.2) is 45.0 Å². The molecule has 0 saturated heterocycles. The van der Waals surface area contributed by atoms with E-state index in [4.69, 9.17) is 4.74 Å². The maximum Gasteiger partial charge on any atom is 0.333 e. The van der Waals surface area contributed by atoms with Crippen LogP contribution in [0.25, 0.3) is 11.2 Å². The molecule has 0 fully saturated rings. The second-order valence-corrected chi connectivity index (χ2v) is 7.03. The Balaban J connectivity index is 1.96. The average Bonchev–Trinajstić information content (AvgIpc) is 3.20. The summed E-state index contributed by atoms with van der Waals surface area (Å²) in [5.41, 5.74) is 0.162. The minimum atomic E-state index is -0.735. The van der Waals surface area contributed by atoms with Crippen molar-refractivity contribution in [3.8, 4) is 0 Å². The third kappa shape index (κ3) is 3.45. The average molecular weight is 440 g/mol. The Morgan fingerprint density at radius 2 is 1.69 bits per heavy atom. The van der Waals surface area contributed by atoms with Gasteiger partial charge in [-0.05, 0) is 5.56 Å². The maximum atomic E-state index is 13.2. The lowest BCUT2D eigenvalue weighted by molar-refractivity contribution is -0.141. The molecule has 0 saturated carbocycles. The number of aromatic nitrogens is 4. The van der Waals surface area contributed by atoms with Crippen molar-refractivity contribution >= 4 is 34.8 Å². The van der Waals surface area contributed by atoms with E-state index in [2.05, 4.69) is 14.8 Å². The van der Waals surface area contributed by atoms with Crippen molar-refractivity contribution in [1.82, 2.24) is 18.7 Å². The molecule has 3 aromatic rings. The van der Waals surface area contributed by atoms with Crippen molar-refractivity contribution in [3.63, 3.8) is 0 Å². The van der Waals surface area contributed by atoms with E-state index in [9.17, 15) is 19.2 Å². The van der Waals surface area contributed by atoms with E-state index < -0.39 is 29.7 Å². The molecule has 32 heavy (non-hydrogen) atoms. The van der Waals surface area contributed by atoms with E-state index in [1.54, 1.807) is 4.57 Å². The van der Waals surface area contributed by atoms with Gasteiger partial charge in [-0.1, -0.05) is 30.3 Å². The first kappa shape index (κ1) is 21.0. The van der Waals surface area contributed by atoms with Crippen LogP contribution in [0.3, 0.4) is 0 Å². The molecule has 166 valence electrons. The maximum absolute atomic E-state index is 13.2. The first-order chi connectivity index (χ1) is 15.3. The molecule has 0 bridgehead atoms. The number of ether oxygens (including phenoxy) is 2. The van der Waals surface area contributed by atoms with Gasteiger partial charge in [-0.3, -0.25) is 23.5 Å². The fraction of sp³-hybridized carbons (Fsp3) is 0.300. The van der Waals surface area contributed by atoms with E-state index in [0.29, 0.717) is 5.71 Å². The summed E-state index contributed by atoms with van der Waals surface area (Å²) in [5.74, 6) is -1.09. The van der Waals surface area contributed by atoms with Crippen molar-refractivity contribution in [2.24, 2.45) is 12.1 Å². The summed E-state index contributed by atoms with van der Waals surface area (Å²) in [6.07, 6.45) is 0. The number of aryl methyl sites for hydroxylation is 1. The third-order valence-electron chi connectivity index (χ3n) is 5.12. The number of benzene rings is 1. The minimum Gasteiger partial charge on any atom is -0.468 e. The fourth-order valence-corrected chi connectivity index (χ4v) is 3.48. The van der Waals surface area contributed by atoms with Gasteiger partial charge in [0.2, 0.25) is 5.95 Å². The molecule has 0 N–H and O–H groups in total. The molecule has 1 aromatic carbocycles. The summed E-state index contributed by atoms with van der Waals surface area (Å²) >= 11 is 0. The molecular weight excluding hydrogens is 420 g/mol. The van der Waals surface area contributed by atoms with Crippen molar-refractivity contribution in [1.29, 1.82) is 0 Å². The number of hydrazone groups is 1. The van der Waals surface area contributed by atoms with Gasteiger partial charge in [0.1, 0.15) is 13.1 Å². The molecule has 1 aliphatic heterocycles. The number of anilines is 1. The largest absolute Gasteiger partial charge is 0.468 e. The van der Waals surface area contributed by atoms with Crippen LogP contribution in [0.1, 0.15) is 5.56 Å². The van der Waals surface area contributed by atoms with Crippen molar-refractivity contribution in [2.45, 2.75) is 13.1 Å². The van der Waals surface area contributed by atoms with Gasteiger partial charge in [0.05, 0.1) is 26.5 Å². The molecule has 2 aromatic heterocycles. The van der Waals surface area contributed by atoms with Crippen molar-refractivity contribution < 1.29 is 19.1 Å². The summed E-state index contributed by atoms with van der Waals surface area (Å²) in [5, 5.41) is 5.86. The van der Waals surface area contributed by atoms with Crippen LogP contribution in [0.4, 0.5) is 5.95 Å². The Hall–Kier alpha value is -4.22. The van der Waals surface area contributed by atoms with Crippen LogP contribution in [0, 0.1) is 0 Å². The first-order valence-corrected chi connectivity index (χ1v) is 9.59. The minimum absolute atomic E-state index is 0.101. The van der Waals surface area contributed by atoms with E-state index in [0.717, 1.165) is 10.1 Å². The number of nitrogens with zero attached hydrogens (tertiary/aromatic N) is 6. The summed E-state index contributed by atoms with van der Waals surface area (Å²) in [6, 6.07) is 9.25. The standard InChI is InChI=1S/C20H20N6O6/c1-23-17-16(18(29)25(20(23)30)10-14(27)31-2)24-9-13(12-7-5-4-6-8-12)22-26(19(24)21-17)11-15(28)32-3/h4-8H,9-11H2,1-3H3. The topological polar surface area (TPSA) is 130 Å². The summed E-state index contributed by atoms with van der Waals surface area (Å²) in [7, 11) is 3.87. The molecule has 0 aliphatic carbocycles. The fourth-order valence-electron chi connectivity index (χ4n) is 3.48. The molecule has 4 rings (SSSR count). The van der Waals surface area contributed by atoms with Gasteiger partial charge in [0, 0.05) is 7.05 Å². The molecule has 0 spiro atoms. The van der Waals surface area contributed by atoms with Gasteiger partial charge in [-0.15, -0.1) is 0 Å². The van der Waals surface area contributed by atoms with Crippen LogP contribution in [0.5, 0.6) is 0 Å².